The molecule has 1 aromatic rings. The smallest absolute Gasteiger partial charge is 0.0702 e. The Morgan fingerprint density at radius 1 is 1.43 bits per heavy atom. The minimum absolute atomic E-state index is 0.437. The molecule has 1 aliphatic carbocycles. The first kappa shape index (κ1) is 14.8. The maximum Gasteiger partial charge on any atom is 0.0702 e. The van der Waals surface area contributed by atoms with E-state index in [2.05, 4.69) is 29.7 Å². The lowest BCUT2D eigenvalue weighted by atomic mass is 10.2. The molecular weight excluding hydrogens is 262 g/mol. The van der Waals surface area contributed by atoms with Gasteiger partial charge >= 0.3 is 0 Å². The van der Waals surface area contributed by atoms with Crippen LogP contribution in [0.15, 0.2) is 18.9 Å². The Morgan fingerprint density at radius 3 is 2.95 bits per heavy atom. The van der Waals surface area contributed by atoms with Crippen LogP contribution in [0.3, 0.4) is 0 Å². The second-order valence-electron chi connectivity index (χ2n) is 6.52. The second-order valence-corrected chi connectivity index (χ2v) is 6.52. The largest absolute Gasteiger partial charge is 0.377 e. The summed E-state index contributed by atoms with van der Waals surface area (Å²) in [5.41, 5.74) is 2.49. The zero-order chi connectivity index (χ0) is 14.7. The third-order valence-electron chi connectivity index (χ3n) is 4.46. The molecule has 0 unspecified atom stereocenters. The molecular formula is C17H27N3O. The molecule has 1 saturated carbocycles. The summed E-state index contributed by atoms with van der Waals surface area (Å²) in [4.78, 5) is 2.58. The van der Waals surface area contributed by atoms with E-state index in [9.17, 15) is 0 Å². The molecule has 21 heavy (non-hydrogen) atoms. The Balaban J connectivity index is 1.62. The first-order chi connectivity index (χ1) is 10.2. The van der Waals surface area contributed by atoms with Crippen LogP contribution in [0.1, 0.15) is 36.9 Å². The second kappa shape index (κ2) is 6.75. The molecule has 1 atom stereocenters. The molecule has 0 spiro atoms. The van der Waals surface area contributed by atoms with E-state index >= 15 is 0 Å². The van der Waals surface area contributed by atoms with Crippen LogP contribution in [-0.2, 0) is 17.8 Å². The molecule has 0 amide bonds. The van der Waals surface area contributed by atoms with Gasteiger partial charge in [0.2, 0.25) is 0 Å². The Morgan fingerprint density at radius 2 is 2.29 bits per heavy atom. The fourth-order valence-corrected chi connectivity index (χ4v) is 3.13. The van der Waals surface area contributed by atoms with Gasteiger partial charge in [0.1, 0.15) is 0 Å². The van der Waals surface area contributed by atoms with Crippen LogP contribution >= 0.6 is 0 Å². The first-order valence-corrected chi connectivity index (χ1v) is 8.22. The number of nitrogens with zero attached hydrogens (tertiary/aromatic N) is 3. The molecule has 0 N–H and O–H groups in total. The van der Waals surface area contributed by atoms with Crippen molar-refractivity contribution in [2.75, 3.05) is 19.7 Å². The van der Waals surface area contributed by atoms with Gasteiger partial charge in [0.25, 0.3) is 0 Å². The molecule has 0 aromatic carbocycles. The first-order valence-electron chi connectivity index (χ1n) is 8.22. The van der Waals surface area contributed by atoms with Gasteiger partial charge < -0.3 is 4.74 Å². The van der Waals surface area contributed by atoms with Gasteiger partial charge in [-0.15, -0.1) is 6.58 Å². The maximum atomic E-state index is 5.82. The van der Waals surface area contributed by atoms with E-state index in [1.807, 2.05) is 10.8 Å². The van der Waals surface area contributed by atoms with Crippen LogP contribution < -0.4 is 0 Å². The standard InChI is InChI=1S/C17H27N3O/c1-3-8-20-12-16(14(2)18-20)11-19(10-15-6-7-15)13-17-5-4-9-21-17/h3,12,15,17H,1,4-11,13H2,2H3/t17-/m1/s1. The predicted octanol–water partition coefficient (Wildman–Crippen LogP) is 2.77. The van der Waals surface area contributed by atoms with Gasteiger partial charge in [0, 0.05) is 38.0 Å². The summed E-state index contributed by atoms with van der Waals surface area (Å²) in [6.07, 6.45) is 9.74. The molecule has 2 fully saturated rings. The van der Waals surface area contributed by atoms with Gasteiger partial charge in [-0.1, -0.05) is 6.08 Å². The average molecular weight is 289 g/mol. The number of hydrogen-bond acceptors (Lipinski definition) is 3. The van der Waals surface area contributed by atoms with Crippen molar-refractivity contribution in [2.45, 2.75) is 51.8 Å². The number of aryl methyl sites for hydroxylation is 1. The Hall–Kier alpha value is -1.13. The lowest BCUT2D eigenvalue weighted by Gasteiger charge is -2.25. The molecule has 4 nitrogen and oxygen atoms in total. The highest BCUT2D eigenvalue weighted by molar-refractivity contribution is 5.15. The fourth-order valence-electron chi connectivity index (χ4n) is 3.13. The molecule has 1 aromatic heterocycles. The van der Waals surface area contributed by atoms with E-state index in [1.165, 1.54) is 37.8 Å². The lowest BCUT2D eigenvalue weighted by molar-refractivity contribution is 0.0688. The van der Waals surface area contributed by atoms with E-state index < -0.39 is 0 Å². The van der Waals surface area contributed by atoms with Crippen molar-refractivity contribution in [2.24, 2.45) is 5.92 Å². The molecule has 1 aliphatic heterocycles. The molecule has 2 aliphatic rings. The number of rotatable bonds is 8. The van der Waals surface area contributed by atoms with Gasteiger partial charge in [0.15, 0.2) is 0 Å². The van der Waals surface area contributed by atoms with E-state index in [0.29, 0.717) is 6.10 Å². The Labute approximate surface area is 127 Å². The molecule has 116 valence electrons. The zero-order valence-electron chi connectivity index (χ0n) is 13.1. The number of allylic oxidation sites excluding steroid dienone is 1. The molecule has 3 rings (SSSR count). The topological polar surface area (TPSA) is 30.3 Å². The highest BCUT2D eigenvalue weighted by Gasteiger charge is 2.27. The number of hydrogen-bond donors (Lipinski definition) is 0. The molecule has 0 bridgehead atoms. The van der Waals surface area contributed by atoms with Gasteiger partial charge in [-0.25, -0.2) is 0 Å². The van der Waals surface area contributed by atoms with Gasteiger partial charge in [-0.2, -0.15) is 5.10 Å². The van der Waals surface area contributed by atoms with Crippen LogP contribution in [0.4, 0.5) is 0 Å². The van der Waals surface area contributed by atoms with E-state index in [-0.39, 0.29) is 0 Å². The van der Waals surface area contributed by atoms with Crippen molar-refractivity contribution in [3.05, 3.63) is 30.1 Å². The summed E-state index contributed by atoms with van der Waals surface area (Å²) in [5.74, 6) is 0.912. The van der Waals surface area contributed by atoms with Crippen LogP contribution in [0.25, 0.3) is 0 Å². The number of aromatic nitrogens is 2. The predicted molar refractivity (Wildman–Crippen MR) is 84.1 cm³/mol. The summed E-state index contributed by atoms with van der Waals surface area (Å²) in [6.45, 7) is 10.9. The fraction of sp³-hybridized carbons (Fsp3) is 0.706. The molecule has 4 heteroatoms. The summed E-state index contributed by atoms with van der Waals surface area (Å²) in [7, 11) is 0. The van der Waals surface area contributed by atoms with Crippen molar-refractivity contribution in [3.63, 3.8) is 0 Å². The zero-order valence-corrected chi connectivity index (χ0v) is 13.1. The minimum Gasteiger partial charge on any atom is -0.377 e. The van der Waals surface area contributed by atoms with Gasteiger partial charge in [-0.05, 0) is 38.5 Å². The Kier molecular flexibility index (Phi) is 4.76. The van der Waals surface area contributed by atoms with E-state index in [0.717, 1.165) is 37.9 Å². The molecule has 1 saturated heterocycles. The van der Waals surface area contributed by atoms with Gasteiger partial charge in [-0.3, -0.25) is 9.58 Å². The van der Waals surface area contributed by atoms with Crippen molar-refractivity contribution >= 4 is 0 Å². The van der Waals surface area contributed by atoms with Crippen molar-refractivity contribution in [3.8, 4) is 0 Å². The van der Waals surface area contributed by atoms with Crippen molar-refractivity contribution < 1.29 is 4.74 Å². The van der Waals surface area contributed by atoms with Crippen molar-refractivity contribution in [1.29, 1.82) is 0 Å². The summed E-state index contributed by atoms with van der Waals surface area (Å²) in [5, 5.41) is 4.57. The highest BCUT2D eigenvalue weighted by Crippen LogP contribution is 2.31. The van der Waals surface area contributed by atoms with Crippen LogP contribution in [-0.4, -0.2) is 40.5 Å². The van der Waals surface area contributed by atoms with Crippen LogP contribution in [0.2, 0.25) is 0 Å². The summed E-state index contributed by atoms with van der Waals surface area (Å²) >= 11 is 0. The average Bonchev–Trinajstić information content (AvgIpc) is 2.98. The van der Waals surface area contributed by atoms with E-state index in [1.54, 1.807) is 0 Å². The van der Waals surface area contributed by atoms with Gasteiger partial charge in [0.05, 0.1) is 18.3 Å². The highest BCUT2D eigenvalue weighted by atomic mass is 16.5. The monoisotopic (exact) mass is 289 g/mol. The summed E-state index contributed by atoms with van der Waals surface area (Å²) in [6, 6.07) is 0. The SMILES string of the molecule is C=CCn1cc(CN(CC2CC2)C[C@H]2CCCO2)c(C)n1. The molecule has 2 heterocycles. The summed E-state index contributed by atoms with van der Waals surface area (Å²) < 4.78 is 7.81. The maximum absolute atomic E-state index is 5.82. The lowest BCUT2D eigenvalue weighted by Crippen LogP contribution is -2.33. The van der Waals surface area contributed by atoms with Crippen molar-refractivity contribution in [1.82, 2.24) is 14.7 Å². The van der Waals surface area contributed by atoms with Crippen LogP contribution in [0, 0.1) is 12.8 Å². The van der Waals surface area contributed by atoms with E-state index in [4.69, 9.17) is 4.74 Å². The normalized spacial score (nSPS) is 22.1. The third kappa shape index (κ3) is 4.17. The van der Waals surface area contributed by atoms with Crippen LogP contribution in [0.5, 0.6) is 0 Å². The molecule has 0 radical (unpaired) electrons. The third-order valence-corrected chi connectivity index (χ3v) is 4.46. The minimum atomic E-state index is 0.437. The quantitative estimate of drug-likeness (QED) is 0.689. The Bertz CT molecular complexity index is 472. The number of ether oxygens (including phenoxy) is 1.